The van der Waals surface area contributed by atoms with E-state index in [2.05, 4.69) is 20.3 Å². The molecule has 3 N–H and O–H groups in total. The van der Waals surface area contributed by atoms with Crippen LogP contribution in [-0.4, -0.2) is 65.6 Å². The number of methoxy groups -OCH3 is 1. The quantitative estimate of drug-likeness (QED) is 0.515. The Morgan fingerprint density at radius 1 is 1.22 bits per heavy atom. The number of aliphatic hydroxyl groups is 2. The number of rotatable bonds is 8. The number of hydrogen-bond donors (Lipinski definition) is 3. The van der Waals surface area contributed by atoms with Crippen LogP contribution in [0, 0.1) is 0 Å². The van der Waals surface area contributed by atoms with Crippen molar-refractivity contribution in [1.82, 2.24) is 15.0 Å². The Balaban J connectivity index is 2.80. The SMILES string of the molecule is COc1nc(NCCCO)nc(N(C)CCO)n1. The van der Waals surface area contributed by atoms with Crippen LogP contribution in [-0.2, 0) is 0 Å². The Labute approximate surface area is 106 Å². The van der Waals surface area contributed by atoms with Crippen molar-refractivity contribution in [1.29, 1.82) is 0 Å². The van der Waals surface area contributed by atoms with Crippen LogP contribution in [0.25, 0.3) is 0 Å². The van der Waals surface area contributed by atoms with Gasteiger partial charge in [0.1, 0.15) is 0 Å². The Bertz CT molecular complexity index is 363. The highest BCUT2D eigenvalue weighted by Crippen LogP contribution is 2.13. The molecule has 0 aliphatic rings. The molecule has 0 saturated heterocycles. The van der Waals surface area contributed by atoms with Crippen LogP contribution in [0.3, 0.4) is 0 Å². The molecule has 0 unspecified atom stereocenters. The predicted octanol–water partition coefficient (Wildman–Crippen LogP) is -0.897. The highest BCUT2D eigenvalue weighted by Gasteiger charge is 2.10. The summed E-state index contributed by atoms with van der Waals surface area (Å²) in [5.41, 5.74) is 0. The van der Waals surface area contributed by atoms with Gasteiger partial charge in [0.15, 0.2) is 0 Å². The monoisotopic (exact) mass is 257 g/mol. The van der Waals surface area contributed by atoms with Crippen molar-refractivity contribution in [2.24, 2.45) is 0 Å². The summed E-state index contributed by atoms with van der Waals surface area (Å²) in [4.78, 5) is 14.0. The normalized spacial score (nSPS) is 10.2. The Morgan fingerprint density at radius 2 is 2.00 bits per heavy atom. The summed E-state index contributed by atoms with van der Waals surface area (Å²) in [6.07, 6.45) is 0.607. The van der Waals surface area contributed by atoms with Crippen molar-refractivity contribution < 1.29 is 14.9 Å². The molecule has 0 spiro atoms. The van der Waals surface area contributed by atoms with E-state index in [-0.39, 0.29) is 19.2 Å². The fourth-order valence-electron chi connectivity index (χ4n) is 1.22. The number of anilines is 2. The lowest BCUT2D eigenvalue weighted by atomic mass is 10.4. The lowest BCUT2D eigenvalue weighted by Gasteiger charge is -2.16. The minimum Gasteiger partial charge on any atom is -0.467 e. The first kappa shape index (κ1) is 14.4. The van der Waals surface area contributed by atoms with Crippen LogP contribution < -0.4 is 15.0 Å². The van der Waals surface area contributed by atoms with Crippen molar-refractivity contribution in [3.63, 3.8) is 0 Å². The molecule has 0 bridgehead atoms. The number of nitrogens with zero attached hydrogens (tertiary/aromatic N) is 4. The Morgan fingerprint density at radius 3 is 2.61 bits per heavy atom. The van der Waals surface area contributed by atoms with Crippen molar-refractivity contribution in [2.45, 2.75) is 6.42 Å². The lowest BCUT2D eigenvalue weighted by molar-refractivity contribution is 0.292. The van der Waals surface area contributed by atoms with Crippen molar-refractivity contribution >= 4 is 11.9 Å². The fraction of sp³-hybridized carbons (Fsp3) is 0.700. The minimum absolute atomic E-state index is 0.0117. The van der Waals surface area contributed by atoms with Crippen LogP contribution in [0.15, 0.2) is 0 Å². The molecule has 0 fully saturated rings. The van der Waals surface area contributed by atoms with Crippen LogP contribution in [0.4, 0.5) is 11.9 Å². The maximum Gasteiger partial charge on any atom is 0.322 e. The number of likely N-dealkylation sites (N-methyl/N-ethyl adjacent to an activating group) is 1. The summed E-state index contributed by atoms with van der Waals surface area (Å²) in [5, 5.41) is 20.5. The molecule has 0 aliphatic heterocycles. The maximum atomic E-state index is 8.88. The van der Waals surface area contributed by atoms with E-state index in [0.717, 1.165) is 0 Å². The molecule has 1 aromatic rings. The van der Waals surface area contributed by atoms with Gasteiger partial charge in [-0.3, -0.25) is 0 Å². The summed E-state index contributed by atoms with van der Waals surface area (Å²) >= 11 is 0. The molecule has 0 aromatic carbocycles. The Kier molecular flexibility index (Phi) is 6.09. The second-order valence-electron chi connectivity index (χ2n) is 3.59. The molecular weight excluding hydrogens is 238 g/mol. The van der Waals surface area contributed by atoms with Gasteiger partial charge in [0.2, 0.25) is 11.9 Å². The number of ether oxygens (including phenoxy) is 1. The first-order valence-electron chi connectivity index (χ1n) is 5.68. The molecule has 1 aromatic heterocycles. The van der Waals surface area contributed by atoms with Crippen LogP contribution in [0.5, 0.6) is 6.01 Å². The third kappa shape index (κ3) is 4.30. The molecule has 102 valence electrons. The smallest absolute Gasteiger partial charge is 0.322 e. The first-order chi connectivity index (χ1) is 8.71. The highest BCUT2D eigenvalue weighted by atomic mass is 16.5. The number of hydrogen-bond acceptors (Lipinski definition) is 8. The van der Waals surface area contributed by atoms with Crippen molar-refractivity contribution in [3.05, 3.63) is 0 Å². The van der Waals surface area contributed by atoms with E-state index in [4.69, 9.17) is 14.9 Å². The van der Waals surface area contributed by atoms with Gasteiger partial charge in [-0.15, -0.1) is 0 Å². The van der Waals surface area contributed by atoms with Gasteiger partial charge in [-0.1, -0.05) is 0 Å². The summed E-state index contributed by atoms with van der Waals surface area (Å²) in [5.74, 6) is 0.803. The largest absolute Gasteiger partial charge is 0.467 e. The van der Waals surface area contributed by atoms with Crippen molar-refractivity contribution in [2.75, 3.05) is 50.7 Å². The number of aromatic nitrogens is 3. The van der Waals surface area contributed by atoms with E-state index >= 15 is 0 Å². The van der Waals surface area contributed by atoms with Gasteiger partial charge in [-0.25, -0.2) is 0 Å². The van der Waals surface area contributed by atoms with Gasteiger partial charge in [0.25, 0.3) is 0 Å². The third-order valence-corrected chi connectivity index (χ3v) is 2.18. The van der Waals surface area contributed by atoms with Gasteiger partial charge in [-0.2, -0.15) is 15.0 Å². The molecule has 1 rings (SSSR count). The van der Waals surface area contributed by atoms with Crippen LogP contribution >= 0.6 is 0 Å². The average molecular weight is 257 g/mol. The summed E-state index contributed by atoms with van der Waals surface area (Å²) in [6, 6.07) is 0.205. The van der Waals surface area contributed by atoms with Gasteiger partial charge in [0, 0.05) is 26.7 Å². The average Bonchev–Trinajstić information content (AvgIpc) is 2.39. The topological polar surface area (TPSA) is 104 Å². The van der Waals surface area contributed by atoms with E-state index in [0.29, 0.717) is 31.4 Å². The molecular formula is C10H19N5O3. The molecule has 8 nitrogen and oxygen atoms in total. The van der Waals surface area contributed by atoms with Crippen LogP contribution in [0.1, 0.15) is 6.42 Å². The minimum atomic E-state index is 0.0117. The van der Waals surface area contributed by atoms with E-state index in [1.165, 1.54) is 7.11 Å². The van der Waals surface area contributed by atoms with Gasteiger partial charge in [0.05, 0.1) is 13.7 Å². The van der Waals surface area contributed by atoms with E-state index in [9.17, 15) is 0 Å². The molecule has 0 radical (unpaired) electrons. The van der Waals surface area contributed by atoms with E-state index < -0.39 is 0 Å². The van der Waals surface area contributed by atoms with Crippen LogP contribution in [0.2, 0.25) is 0 Å². The van der Waals surface area contributed by atoms with E-state index in [1.54, 1.807) is 11.9 Å². The fourth-order valence-corrected chi connectivity index (χ4v) is 1.22. The predicted molar refractivity (Wildman–Crippen MR) is 66.9 cm³/mol. The number of aliphatic hydroxyl groups excluding tert-OH is 2. The highest BCUT2D eigenvalue weighted by molar-refractivity contribution is 5.37. The third-order valence-electron chi connectivity index (χ3n) is 2.18. The standard InChI is InChI=1S/C10H19N5O3/c1-15(5-7-17)9-12-8(11-4-3-6-16)13-10(14-9)18-2/h16-17H,3-7H2,1-2H3,(H,11,12,13,14). The molecule has 0 saturated carbocycles. The van der Waals surface area contributed by atoms with Crippen molar-refractivity contribution in [3.8, 4) is 6.01 Å². The number of nitrogens with one attached hydrogen (secondary N) is 1. The molecule has 0 amide bonds. The Hall–Kier alpha value is -1.67. The molecule has 0 atom stereocenters. The first-order valence-corrected chi connectivity index (χ1v) is 5.68. The molecule has 8 heteroatoms. The second kappa shape index (κ2) is 7.62. The zero-order valence-electron chi connectivity index (χ0n) is 10.6. The van der Waals surface area contributed by atoms with Gasteiger partial charge < -0.3 is 25.2 Å². The summed E-state index contributed by atoms with van der Waals surface area (Å²) < 4.78 is 4.99. The zero-order valence-corrected chi connectivity index (χ0v) is 10.6. The van der Waals surface area contributed by atoms with E-state index in [1.807, 2.05) is 0 Å². The summed E-state index contributed by atoms with van der Waals surface area (Å²) in [6.45, 7) is 1.10. The molecule has 0 aliphatic carbocycles. The van der Waals surface area contributed by atoms with Gasteiger partial charge in [-0.05, 0) is 6.42 Å². The molecule has 18 heavy (non-hydrogen) atoms. The zero-order chi connectivity index (χ0) is 13.4. The molecule has 1 heterocycles. The van der Waals surface area contributed by atoms with Gasteiger partial charge >= 0.3 is 6.01 Å². The summed E-state index contributed by atoms with van der Waals surface area (Å²) in [7, 11) is 3.24. The second-order valence-corrected chi connectivity index (χ2v) is 3.59. The lowest BCUT2D eigenvalue weighted by Crippen LogP contribution is -2.24. The maximum absolute atomic E-state index is 8.88.